The topological polar surface area (TPSA) is 42.4 Å². The second kappa shape index (κ2) is 4.59. The first-order valence-electron chi connectivity index (χ1n) is 4.76. The van der Waals surface area contributed by atoms with Crippen molar-refractivity contribution in [1.82, 2.24) is 4.98 Å². The van der Waals surface area contributed by atoms with Gasteiger partial charge in [0.2, 0.25) is 0 Å². The van der Waals surface area contributed by atoms with Gasteiger partial charge in [0.1, 0.15) is 5.82 Å². The average molecular weight is 227 g/mol. The Morgan fingerprint density at radius 2 is 2.20 bits per heavy atom. The largest absolute Gasteiger partial charge is 0.378 e. The van der Waals surface area contributed by atoms with Crippen molar-refractivity contribution in [2.24, 2.45) is 0 Å². The molecule has 0 N–H and O–H groups in total. The molecule has 0 unspecified atom stereocenters. The van der Waals surface area contributed by atoms with Crippen molar-refractivity contribution in [3.8, 4) is 0 Å². The van der Waals surface area contributed by atoms with Gasteiger partial charge < -0.3 is 9.64 Å². The zero-order valence-electron chi connectivity index (χ0n) is 8.15. The maximum atomic E-state index is 11.2. The Hall–Kier alpha value is -1.13. The summed E-state index contributed by atoms with van der Waals surface area (Å²) in [7, 11) is 0. The molecule has 0 amide bonds. The smallest absolute Gasteiger partial charge is 0.256 e. The van der Waals surface area contributed by atoms with Crippen molar-refractivity contribution in [3.63, 3.8) is 0 Å². The third-order valence-electron chi connectivity index (χ3n) is 2.31. The first kappa shape index (κ1) is 10.4. The van der Waals surface area contributed by atoms with E-state index in [1.165, 1.54) is 0 Å². The van der Waals surface area contributed by atoms with Gasteiger partial charge >= 0.3 is 0 Å². The van der Waals surface area contributed by atoms with E-state index < -0.39 is 5.24 Å². The van der Waals surface area contributed by atoms with Crippen LogP contribution in [-0.2, 0) is 4.74 Å². The van der Waals surface area contributed by atoms with Crippen LogP contribution in [0, 0.1) is 0 Å². The van der Waals surface area contributed by atoms with Crippen LogP contribution < -0.4 is 4.90 Å². The first-order valence-corrected chi connectivity index (χ1v) is 5.14. The SMILES string of the molecule is O=C(Cl)c1cccnc1N1CCOCC1. The van der Waals surface area contributed by atoms with Gasteiger partial charge in [-0.2, -0.15) is 0 Å². The fourth-order valence-corrected chi connectivity index (χ4v) is 1.73. The molecule has 0 spiro atoms. The number of halogens is 1. The number of rotatable bonds is 2. The molecule has 0 aliphatic carbocycles. The maximum absolute atomic E-state index is 11.2. The Morgan fingerprint density at radius 1 is 1.47 bits per heavy atom. The molecular weight excluding hydrogens is 216 g/mol. The number of ether oxygens (including phenoxy) is 1. The molecule has 2 heterocycles. The number of nitrogens with zero attached hydrogens (tertiary/aromatic N) is 2. The number of hydrogen-bond acceptors (Lipinski definition) is 4. The normalized spacial score (nSPS) is 16.5. The summed E-state index contributed by atoms with van der Waals surface area (Å²) in [5.74, 6) is 0.654. The average Bonchev–Trinajstić information content (AvgIpc) is 2.30. The van der Waals surface area contributed by atoms with Gasteiger partial charge in [-0.3, -0.25) is 4.79 Å². The fourth-order valence-electron chi connectivity index (χ4n) is 1.58. The molecule has 0 radical (unpaired) electrons. The van der Waals surface area contributed by atoms with E-state index in [4.69, 9.17) is 16.3 Å². The highest BCUT2D eigenvalue weighted by molar-refractivity contribution is 6.68. The molecule has 0 bridgehead atoms. The zero-order chi connectivity index (χ0) is 10.7. The van der Waals surface area contributed by atoms with Gasteiger partial charge in [-0.25, -0.2) is 4.98 Å². The van der Waals surface area contributed by atoms with Crippen LogP contribution in [0.4, 0.5) is 5.82 Å². The van der Waals surface area contributed by atoms with Crippen LogP contribution >= 0.6 is 11.6 Å². The number of morpholine rings is 1. The summed E-state index contributed by atoms with van der Waals surface area (Å²) in [6.07, 6.45) is 1.66. The third kappa shape index (κ3) is 2.27. The van der Waals surface area contributed by atoms with Gasteiger partial charge in [0.25, 0.3) is 5.24 Å². The van der Waals surface area contributed by atoms with Crippen LogP contribution in [-0.4, -0.2) is 36.5 Å². The van der Waals surface area contributed by atoms with Crippen LogP contribution in [0.15, 0.2) is 18.3 Å². The Morgan fingerprint density at radius 3 is 2.87 bits per heavy atom. The minimum Gasteiger partial charge on any atom is -0.378 e. The van der Waals surface area contributed by atoms with Crippen LogP contribution in [0.1, 0.15) is 10.4 Å². The van der Waals surface area contributed by atoms with E-state index in [2.05, 4.69) is 4.98 Å². The Kier molecular flexibility index (Phi) is 3.18. The molecule has 1 aliphatic rings. The Labute approximate surface area is 92.8 Å². The highest BCUT2D eigenvalue weighted by atomic mass is 35.5. The second-order valence-corrected chi connectivity index (χ2v) is 3.59. The van der Waals surface area contributed by atoms with Crippen molar-refractivity contribution < 1.29 is 9.53 Å². The van der Waals surface area contributed by atoms with E-state index in [-0.39, 0.29) is 0 Å². The highest BCUT2D eigenvalue weighted by Gasteiger charge is 2.18. The van der Waals surface area contributed by atoms with Gasteiger partial charge in [-0.1, -0.05) is 0 Å². The monoisotopic (exact) mass is 226 g/mol. The summed E-state index contributed by atoms with van der Waals surface area (Å²) in [6.45, 7) is 2.81. The molecule has 5 heteroatoms. The number of carbonyl (C=O) groups is 1. The number of anilines is 1. The maximum Gasteiger partial charge on any atom is 0.256 e. The molecule has 0 atom stereocenters. The molecule has 1 aliphatic heterocycles. The quantitative estimate of drug-likeness (QED) is 0.713. The summed E-state index contributed by atoms with van der Waals surface area (Å²) < 4.78 is 5.23. The molecule has 0 saturated carbocycles. The molecule has 0 aromatic carbocycles. The molecule has 2 rings (SSSR count). The lowest BCUT2D eigenvalue weighted by atomic mass is 10.2. The minimum atomic E-state index is -0.468. The zero-order valence-corrected chi connectivity index (χ0v) is 8.91. The van der Waals surface area contributed by atoms with Gasteiger partial charge in [0.15, 0.2) is 0 Å². The fraction of sp³-hybridized carbons (Fsp3) is 0.400. The van der Waals surface area contributed by atoms with Gasteiger partial charge in [0.05, 0.1) is 18.8 Å². The number of aromatic nitrogens is 1. The standard InChI is InChI=1S/C10H11ClN2O2/c11-9(14)8-2-1-3-12-10(8)13-4-6-15-7-5-13/h1-3H,4-7H2. The van der Waals surface area contributed by atoms with Crippen LogP contribution in [0.2, 0.25) is 0 Å². The molecule has 1 fully saturated rings. The van der Waals surface area contributed by atoms with E-state index in [1.54, 1.807) is 18.3 Å². The van der Waals surface area contributed by atoms with E-state index in [0.29, 0.717) is 24.6 Å². The highest BCUT2D eigenvalue weighted by Crippen LogP contribution is 2.19. The number of carbonyl (C=O) groups excluding carboxylic acids is 1. The minimum absolute atomic E-state index is 0.459. The molecule has 80 valence electrons. The van der Waals surface area contributed by atoms with E-state index in [1.807, 2.05) is 4.90 Å². The lowest BCUT2D eigenvalue weighted by molar-refractivity contribution is 0.107. The van der Waals surface area contributed by atoms with Crippen molar-refractivity contribution in [2.75, 3.05) is 31.2 Å². The molecule has 1 aromatic rings. The third-order valence-corrected chi connectivity index (χ3v) is 2.51. The molecule has 15 heavy (non-hydrogen) atoms. The van der Waals surface area contributed by atoms with Crippen molar-refractivity contribution in [1.29, 1.82) is 0 Å². The molecular formula is C10H11ClN2O2. The van der Waals surface area contributed by atoms with E-state index in [9.17, 15) is 4.79 Å². The predicted molar refractivity (Wildman–Crippen MR) is 57.5 cm³/mol. The summed E-state index contributed by atoms with van der Waals surface area (Å²) in [6, 6.07) is 3.40. The van der Waals surface area contributed by atoms with E-state index in [0.717, 1.165) is 13.1 Å². The van der Waals surface area contributed by atoms with Crippen molar-refractivity contribution >= 4 is 22.7 Å². The number of hydrogen-bond donors (Lipinski definition) is 0. The first-order chi connectivity index (χ1) is 7.29. The van der Waals surface area contributed by atoms with Gasteiger partial charge in [0, 0.05) is 19.3 Å². The summed E-state index contributed by atoms with van der Waals surface area (Å²) in [5, 5.41) is -0.468. The Balaban J connectivity index is 2.29. The summed E-state index contributed by atoms with van der Waals surface area (Å²) in [4.78, 5) is 17.4. The van der Waals surface area contributed by atoms with Crippen LogP contribution in [0.25, 0.3) is 0 Å². The van der Waals surface area contributed by atoms with Crippen LogP contribution in [0.5, 0.6) is 0 Å². The van der Waals surface area contributed by atoms with Crippen molar-refractivity contribution in [2.45, 2.75) is 0 Å². The second-order valence-electron chi connectivity index (χ2n) is 3.25. The van der Waals surface area contributed by atoms with Crippen LogP contribution in [0.3, 0.4) is 0 Å². The Bertz CT molecular complexity index is 364. The molecule has 4 nitrogen and oxygen atoms in total. The lowest BCUT2D eigenvalue weighted by Gasteiger charge is -2.28. The predicted octanol–water partition coefficient (Wildman–Crippen LogP) is 1.30. The van der Waals surface area contributed by atoms with Crippen molar-refractivity contribution in [3.05, 3.63) is 23.9 Å². The van der Waals surface area contributed by atoms with E-state index >= 15 is 0 Å². The van der Waals surface area contributed by atoms with Gasteiger partial charge in [-0.15, -0.1) is 0 Å². The van der Waals surface area contributed by atoms with Gasteiger partial charge in [-0.05, 0) is 23.7 Å². The number of pyridine rings is 1. The summed E-state index contributed by atoms with van der Waals surface area (Å²) in [5.41, 5.74) is 0.459. The lowest BCUT2D eigenvalue weighted by Crippen LogP contribution is -2.37. The molecule has 1 aromatic heterocycles. The molecule has 1 saturated heterocycles. The summed E-state index contributed by atoms with van der Waals surface area (Å²) >= 11 is 5.49.